The highest BCUT2D eigenvalue weighted by Gasteiger charge is 2.16. The summed E-state index contributed by atoms with van der Waals surface area (Å²) in [4.78, 5) is 10.5. The third-order valence-electron chi connectivity index (χ3n) is 2.22. The van der Waals surface area contributed by atoms with Gasteiger partial charge in [-0.2, -0.15) is 0 Å². The van der Waals surface area contributed by atoms with Crippen molar-refractivity contribution in [2.45, 2.75) is 4.90 Å². The molecule has 1 aromatic carbocycles. The van der Waals surface area contributed by atoms with Gasteiger partial charge in [0.1, 0.15) is 12.4 Å². The molecule has 0 saturated heterocycles. The maximum Gasteiger partial charge on any atom is 0.241 e. The molecule has 1 amide bonds. The Hall–Kier alpha value is -2.08. The van der Waals surface area contributed by atoms with Crippen LogP contribution in [-0.4, -0.2) is 39.7 Å². The molecule has 20 heavy (non-hydrogen) atoms. The lowest BCUT2D eigenvalue weighted by Crippen LogP contribution is -2.33. The number of methoxy groups -OCH3 is 1. The van der Waals surface area contributed by atoms with Crippen LogP contribution in [-0.2, 0) is 14.8 Å². The van der Waals surface area contributed by atoms with Crippen LogP contribution in [0.2, 0.25) is 0 Å². The van der Waals surface area contributed by atoms with Gasteiger partial charge in [-0.1, -0.05) is 11.8 Å². The Morgan fingerprint density at radius 3 is 2.75 bits per heavy atom. The third kappa shape index (κ3) is 4.24. The Kier molecular flexibility index (Phi) is 5.52. The molecule has 0 aliphatic heterocycles. The fourth-order valence-corrected chi connectivity index (χ4v) is 2.36. The van der Waals surface area contributed by atoms with Crippen molar-refractivity contribution in [3.8, 4) is 17.6 Å². The van der Waals surface area contributed by atoms with E-state index in [2.05, 4.69) is 16.6 Å². The van der Waals surface area contributed by atoms with Crippen molar-refractivity contribution < 1.29 is 23.1 Å². The molecule has 0 bridgehead atoms. The predicted molar refractivity (Wildman–Crippen MR) is 71.3 cm³/mol. The van der Waals surface area contributed by atoms with E-state index in [1.807, 2.05) is 0 Å². The van der Waals surface area contributed by atoms with Crippen LogP contribution < -0.4 is 15.2 Å². The summed E-state index contributed by atoms with van der Waals surface area (Å²) < 4.78 is 30.9. The molecule has 0 fully saturated rings. The molecule has 108 valence electrons. The van der Waals surface area contributed by atoms with E-state index in [0.717, 1.165) is 0 Å². The number of hydrogen-bond acceptors (Lipinski definition) is 5. The third-order valence-corrected chi connectivity index (χ3v) is 3.62. The topological polar surface area (TPSA) is 119 Å². The molecule has 1 rings (SSSR count). The minimum absolute atomic E-state index is 0.0817. The molecule has 0 aromatic heterocycles. The number of benzene rings is 1. The first kappa shape index (κ1) is 16.0. The van der Waals surface area contributed by atoms with E-state index in [4.69, 9.17) is 15.6 Å². The molecule has 0 heterocycles. The van der Waals surface area contributed by atoms with E-state index >= 15 is 0 Å². The molecule has 0 aliphatic rings. The van der Waals surface area contributed by atoms with E-state index < -0.39 is 22.5 Å². The van der Waals surface area contributed by atoms with Crippen molar-refractivity contribution in [2.75, 3.05) is 20.3 Å². The van der Waals surface area contributed by atoms with Gasteiger partial charge in [0.2, 0.25) is 15.9 Å². The molecule has 0 saturated carbocycles. The number of amides is 1. The van der Waals surface area contributed by atoms with Crippen molar-refractivity contribution in [3.63, 3.8) is 0 Å². The van der Waals surface area contributed by atoms with Gasteiger partial charge in [0, 0.05) is 0 Å². The number of ether oxygens (including phenoxy) is 1. The van der Waals surface area contributed by atoms with Crippen LogP contribution in [0.4, 0.5) is 0 Å². The monoisotopic (exact) mass is 298 g/mol. The number of sulfonamides is 1. The highest BCUT2D eigenvalue weighted by Crippen LogP contribution is 2.21. The second-order valence-corrected chi connectivity index (χ2v) is 5.38. The Bertz CT molecular complexity index is 658. The van der Waals surface area contributed by atoms with Gasteiger partial charge in [0.15, 0.2) is 0 Å². The molecule has 8 heteroatoms. The number of aliphatic hydroxyl groups excluding tert-OH is 1. The number of carbonyl (C=O) groups is 1. The minimum atomic E-state index is -3.86. The second kappa shape index (κ2) is 6.91. The number of nitrogens with one attached hydrogen (secondary N) is 1. The van der Waals surface area contributed by atoms with Crippen molar-refractivity contribution >= 4 is 15.9 Å². The van der Waals surface area contributed by atoms with E-state index in [9.17, 15) is 13.2 Å². The van der Waals surface area contributed by atoms with Crippen molar-refractivity contribution in [2.24, 2.45) is 5.73 Å². The highest BCUT2D eigenvalue weighted by molar-refractivity contribution is 7.89. The molecular formula is C12H14N2O5S. The van der Waals surface area contributed by atoms with Gasteiger partial charge in [-0.3, -0.25) is 4.79 Å². The van der Waals surface area contributed by atoms with Crippen molar-refractivity contribution in [3.05, 3.63) is 23.8 Å². The summed E-state index contributed by atoms with van der Waals surface area (Å²) in [6.45, 7) is -0.855. The summed E-state index contributed by atoms with van der Waals surface area (Å²) in [5.41, 5.74) is 5.19. The maximum absolute atomic E-state index is 11.9. The van der Waals surface area contributed by atoms with Crippen LogP contribution in [0.1, 0.15) is 5.56 Å². The van der Waals surface area contributed by atoms with E-state index in [0.29, 0.717) is 11.3 Å². The summed E-state index contributed by atoms with van der Waals surface area (Å²) in [6.07, 6.45) is 0. The largest absolute Gasteiger partial charge is 0.495 e. The molecule has 0 spiro atoms. The summed E-state index contributed by atoms with van der Waals surface area (Å²) in [5.74, 6) is 4.57. The van der Waals surface area contributed by atoms with Crippen molar-refractivity contribution in [1.29, 1.82) is 0 Å². The van der Waals surface area contributed by atoms with Gasteiger partial charge in [-0.25, -0.2) is 13.1 Å². The Morgan fingerprint density at radius 2 is 2.20 bits per heavy atom. The summed E-state index contributed by atoms with van der Waals surface area (Å²) in [6, 6.07) is 4.03. The first-order valence-electron chi connectivity index (χ1n) is 5.46. The maximum atomic E-state index is 11.9. The van der Waals surface area contributed by atoms with Gasteiger partial charge >= 0.3 is 0 Å². The summed E-state index contributed by atoms with van der Waals surface area (Å²) >= 11 is 0. The Balaban J connectivity index is 3.16. The SMILES string of the molecule is COc1ccc(S(=O)(=O)NCC(N)=O)cc1C#CCO. The first-order chi connectivity index (χ1) is 9.40. The highest BCUT2D eigenvalue weighted by atomic mass is 32.2. The van der Waals surface area contributed by atoms with Crippen LogP contribution in [0.15, 0.2) is 23.1 Å². The smallest absolute Gasteiger partial charge is 0.241 e. The molecule has 0 aliphatic carbocycles. The normalized spacial score (nSPS) is 10.5. The van der Waals surface area contributed by atoms with Crippen LogP contribution in [0.3, 0.4) is 0 Å². The molecule has 0 radical (unpaired) electrons. The molecule has 1 aromatic rings. The van der Waals surface area contributed by atoms with E-state index in [1.165, 1.54) is 25.3 Å². The number of rotatable bonds is 5. The van der Waals surface area contributed by atoms with Crippen LogP contribution in [0.25, 0.3) is 0 Å². The Labute approximate surface area is 116 Å². The van der Waals surface area contributed by atoms with Crippen molar-refractivity contribution in [1.82, 2.24) is 4.72 Å². The standard InChI is InChI=1S/C12H14N2O5S/c1-19-11-5-4-10(7-9(11)3-2-6-15)20(17,18)14-8-12(13)16/h4-5,7,14-15H,6,8H2,1H3,(H2,13,16). The Morgan fingerprint density at radius 1 is 1.50 bits per heavy atom. The summed E-state index contributed by atoms with van der Waals surface area (Å²) in [5, 5.41) is 8.67. The van der Waals surface area contributed by atoms with Gasteiger partial charge in [0.05, 0.1) is 24.1 Å². The average molecular weight is 298 g/mol. The fourth-order valence-electron chi connectivity index (χ4n) is 1.34. The quantitative estimate of drug-likeness (QED) is 0.590. The van der Waals surface area contributed by atoms with Crippen LogP contribution in [0, 0.1) is 11.8 Å². The zero-order valence-electron chi connectivity index (χ0n) is 10.7. The molecule has 0 atom stereocenters. The van der Waals surface area contributed by atoms with Gasteiger partial charge in [0.25, 0.3) is 0 Å². The zero-order chi connectivity index (χ0) is 15.2. The van der Waals surface area contributed by atoms with E-state index in [1.54, 1.807) is 0 Å². The first-order valence-corrected chi connectivity index (χ1v) is 6.94. The molecule has 0 unspecified atom stereocenters. The van der Waals surface area contributed by atoms with Crippen LogP contribution >= 0.6 is 0 Å². The average Bonchev–Trinajstić information content (AvgIpc) is 2.42. The number of aliphatic hydroxyl groups is 1. The van der Waals surface area contributed by atoms with Gasteiger partial charge < -0.3 is 15.6 Å². The number of carbonyl (C=O) groups excluding carboxylic acids is 1. The van der Waals surface area contributed by atoms with E-state index in [-0.39, 0.29) is 11.5 Å². The lowest BCUT2D eigenvalue weighted by atomic mass is 10.2. The van der Waals surface area contributed by atoms with Crippen LogP contribution in [0.5, 0.6) is 5.75 Å². The fraction of sp³-hybridized carbons (Fsp3) is 0.250. The number of nitrogens with two attached hydrogens (primary N) is 1. The lowest BCUT2D eigenvalue weighted by molar-refractivity contribution is -0.116. The number of hydrogen-bond donors (Lipinski definition) is 3. The molecule has 7 nitrogen and oxygen atoms in total. The zero-order valence-corrected chi connectivity index (χ0v) is 11.5. The van der Waals surface area contributed by atoms with Gasteiger partial charge in [-0.05, 0) is 18.2 Å². The minimum Gasteiger partial charge on any atom is -0.495 e. The number of primary amides is 1. The second-order valence-electron chi connectivity index (χ2n) is 3.61. The molecule has 4 N–H and O–H groups in total. The van der Waals surface area contributed by atoms with Gasteiger partial charge in [-0.15, -0.1) is 0 Å². The molecular weight excluding hydrogens is 284 g/mol. The predicted octanol–water partition coefficient (Wildman–Crippen LogP) is -1.20. The lowest BCUT2D eigenvalue weighted by Gasteiger charge is -2.08. The summed E-state index contributed by atoms with van der Waals surface area (Å²) in [7, 11) is -2.45.